The SMILES string of the molecule is COCCOC(=O)Nc1c(C)cc(C=O)cc1C. The highest BCUT2D eigenvalue weighted by Gasteiger charge is 2.09. The van der Waals surface area contributed by atoms with Gasteiger partial charge in [-0.15, -0.1) is 0 Å². The minimum absolute atomic E-state index is 0.201. The molecule has 0 aliphatic heterocycles. The van der Waals surface area contributed by atoms with Crippen LogP contribution in [0.4, 0.5) is 10.5 Å². The lowest BCUT2D eigenvalue weighted by molar-refractivity contribution is 0.107. The van der Waals surface area contributed by atoms with E-state index in [-0.39, 0.29) is 6.61 Å². The van der Waals surface area contributed by atoms with Crippen LogP contribution in [0.25, 0.3) is 0 Å². The van der Waals surface area contributed by atoms with Crippen LogP contribution >= 0.6 is 0 Å². The summed E-state index contributed by atoms with van der Waals surface area (Å²) in [6.45, 7) is 4.21. The molecule has 5 nitrogen and oxygen atoms in total. The summed E-state index contributed by atoms with van der Waals surface area (Å²) in [5.74, 6) is 0. The molecule has 0 aliphatic rings. The van der Waals surface area contributed by atoms with Gasteiger partial charge in [-0.2, -0.15) is 0 Å². The number of hydrogen-bond donors (Lipinski definition) is 1. The fourth-order valence-electron chi connectivity index (χ4n) is 1.62. The molecule has 1 amide bonds. The first kappa shape index (κ1) is 14.2. The van der Waals surface area contributed by atoms with E-state index in [0.717, 1.165) is 17.4 Å². The molecule has 0 saturated heterocycles. The summed E-state index contributed by atoms with van der Waals surface area (Å²) in [5.41, 5.74) is 2.90. The molecule has 0 bridgehead atoms. The number of hydrogen-bond acceptors (Lipinski definition) is 4. The van der Waals surface area contributed by atoms with E-state index < -0.39 is 6.09 Å². The molecule has 1 aromatic rings. The topological polar surface area (TPSA) is 64.6 Å². The van der Waals surface area contributed by atoms with Crippen molar-refractivity contribution in [1.82, 2.24) is 0 Å². The van der Waals surface area contributed by atoms with Gasteiger partial charge in [0.05, 0.1) is 6.61 Å². The number of carbonyl (C=O) groups is 2. The first-order valence-corrected chi connectivity index (χ1v) is 5.57. The van der Waals surface area contributed by atoms with Gasteiger partial charge >= 0.3 is 6.09 Å². The van der Waals surface area contributed by atoms with E-state index >= 15 is 0 Å². The minimum Gasteiger partial charge on any atom is -0.447 e. The van der Waals surface area contributed by atoms with Crippen molar-refractivity contribution in [2.45, 2.75) is 13.8 Å². The molecular weight excluding hydrogens is 234 g/mol. The summed E-state index contributed by atoms with van der Waals surface area (Å²) in [6.07, 6.45) is 0.248. The monoisotopic (exact) mass is 251 g/mol. The number of carbonyl (C=O) groups excluding carboxylic acids is 2. The second-order valence-electron chi connectivity index (χ2n) is 3.90. The Morgan fingerprint density at radius 1 is 1.28 bits per heavy atom. The molecule has 0 unspecified atom stereocenters. The third-order valence-corrected chi connectivity index (χ3v) is 2.44. The molecule has 0 aromatic heterocycles. The molecule has 0 radical (unpaired) electrons. The van der Waals surface area contributed by atoms with Gasteiger partial charge < -0.3 is 9.47 Å². The Balaban J connectivity index is 2.72. The van der Waals surface area contributed by atoms with Gasteiger partial charge in [0.2, 0.25) is 0 Å². The second-order valence-corrected chi connectivity index (χ2v) is 3.90. The molecule has 18 heavy (non-hydrogen) atoms. The van der Waals surface area contributed by atoms with Crippen molar-refractivity contribution < 1.29 is 19.1 Å². The Morgan fingerprint density at radius 2 is 1.89 bits per heavy atom. The van der Waals surface area contributed by atoms with E-state index in [4.69, 9.17) is 9.47 Å². The van der Waals surface area contributed by atoms with Gasteiger partial charge in [0.15, 0.2) is 0 Å². The van der Waals surface area contributed by atoms with Crippen LogP contribution in [0.1, 0.15) is 21.5 Å². The summed E-state index contributed by atoms with van der Waals surface area (Å²) in [4.78, 5) is 22.2. The lowest BCUT2D eigenvalue weighted by Gasteiger charge is -2.12. The van der Waals surface area contributed by atoms with Gasteiger partial charge in [-0.25, -0.2) is 4.79 Å². The Labute approximate surface area is 106 Å². The first-order valence-electron chi connectivity index (χ1n) is 5.57. The maximum absolute atomic E-state index is 11.5. The number of aldehydes is 1. The van der Waals surface area contributed by atoms with Crippen molar-refractivity contribution in [3.8, 4) is 0 Å². The molecule has 0 aliphatic carbocycles. The van der Waals surface area contributed by atoms with Crippen molar-refractivity contribution >= 4 is 18.1 Å². The molecule has 1 aromatic carbocycles. The predicted octanol–water partition coefficient (Wildman–Crippen LogP) is 2.31. The summed E-state index contributed by atoms with van der Waals surface area (Å²) in [6, 6.07) is 3.43. The van der Waals surface area contributed by atoms with Crippen LogP contribution in [0.15, 0.2) is 12.1 Å². The van der Waals surface area contributed by atoms with Gasteiger partial charge in [0.1, 0.15) is 12.9 Å². The number of methoxy groups -OCH3 is 1. The fourth-order valence-corrected chi connectivity index (χ4v) is 1.62. The zero-order valence-electron chi connectivity index (χ0n) is 10.8. The Kier molecular flexibility index (Phi) is 5.32. The molecular formula is C13H17NO4. The highest BCUT2D eigenvalue weighted by Crippen LogP contribution is 2.21. The number of benzene rings is 1. The number of aryl methyl sites for hydroxylation is 2. The van der Waals surface area contributed by atoms with Crippen LogP contribution < -0.4 is 5.32 Å². The van der Waals surface area contributed by atoms with Gasteiger partial charge in [-0.05, 0) is 37.1 Å². The summed E-state index contributed by atoms with van der Waals surface area (Å²) >= 11 is 0. The summed E-state index contributed by atoms with van der Waals surface area (Å²) in [5, 5.41) is 2.66. The number of anilines is 1. The van der Waals surface area contributed by atoms with Crippen molar-refractivity contribution in [2.24, 2.45) is 0 Å². The van der Waals surface area contributed by atoms with E-state index in [1.165, 1.54) is 7.11 Å². The first-order chi connectivity index (χ1) is 8.58. The van der Waals surface area contributed by atoms with Gasteiger partial charge in [0, 0.05) is 18.4 Å². The van der Waals surface area contributed by atoms with E-state index in [0.29, 0.717) is 17.9 Å². The summed E-state index contributed by atoms with van der Waals surface area (Å²) in [7, 11) is 1.54. The lowest BCUT2D eigenvalue weighted by atomic mass is 10.1. The smallest absolute Gasteiger partial charge is 0.411 e. The third-order valence-electron chi connectivity index (χ3n) is 2.44. The third kappa shape index (κ3) is 3.85. The van der Waals surface area contributed by atoms with E-state index in [1.54, 1.807) is 12.1 Å². The Bertz CT molecular complexity index is 420. The van der Waals surface area contributed by atoms with Gasteiger partial charge in [-0.3, -0.25) is 10.1 Å². The van der Waals surface area contributed by atoms with Crippen LogP contribution in [0, 0.1) is 13.8 Å². The lowest BCUT2D eigenvalue weighted by Crippen LogP contribution is -2.17. The molecule has 0 fully saturated rings. The van der Waals surface area contributed by atoms with Crippen LogP contribution in [-0.2, 0) is 9.47 Å². The molecule has 0 heterocycles. The maximum atomic E-state index is 11.5. The maximum Gasteiger partial charge on any atom is 0.411 e. The zero-order valence-corrected chi connectivity index (χ0v) is 10.8. The zero-order chi connectivity index (χ0) is 13.5. The molecule has 0 atom stereocenters. The average molecular weight is 251 g/mol. The Hall–Kier alpha value is -1.88. The predicted molar refractivity (Wildman–Crippen MR) is 68.2 cm³/mol. The molecule has 0 saturated carbocycles. The highest BCUT2D eigenvalue weighted by atomic mass is 16.6. The van der Waals surface area contributed by atoms with E-state index in [1.807, 2.05) is 13.8 Å². The van der Waals surface area contributed by atoms with Crippen LogP contribution in [0.2, 0.25) is 0 Å². The number of nitrogens with one attached hydrogen (secondary N) is 1. The summed E-state index contributed by atoms with van der Waals surface area (Å²) < 4.78 is 9.68. The van der Waals surface area contributed by atoms with Crippen LogP contribution in [0.3, 0.4) is 0 Å². The standard InChI is InChI=1S/C13H17NO4/c1-9-6-11(8-15)7-10(2)12(9)14-13(16)18-5-4-17-3/h6-8H,4-5H2,1-3H3,(H,14,16). The van der Waals surface area contributed by atoms with Gasteiger partial charge in [-0.1, -0.05) is 0 Å². The average Bonchev–Trinajstić information content (AvgIpc) is 2.34. The molecule has 98 valence electrons. The normalized spacial score (nSPS) is 9.94. The van der Waals surface area contributed by atoms with E-state index in [2.05, 4.69) is 5.32 Å². The van der Waals surface area contributed by atoms with Crippen molar-refractivity contribution in [3.05, 3.63) is 28.8 Å². The van der Waals surface area contributed by atoms with Crippen molar-refractivity contribution in [2.75, 3.05) is 25.6 Å². The fraction of sp³-hybridized carbons (Fsp3) is 0.385. The Morgan fingerprint density at radius 3 is 2.39 bits per heavy atom. The van der Waals surface area contributed by atoms with Crippen LogP contribution in [-0.4, -0.2) is 32.7 Å². The second kappa shape index (κ2) is 6.76. The van der Waals surface area contributed by atoms with Crippen LogP contribution in [0.5, 0.6) is 0 Å². The minimum atomic E-state index is -0.530. The molecule has 1 N–H and O–H groups in total. The number of rotatable bonds is 5. The van der Waals surface area contributed by atoms with E-state index in [9.17, 15) is 9.59 Å². The molecule has 1 rings (SSSR count). The number of ether oxygens (including phenoxy) is 2. The van der Waals surface area contributed by atoms with Crippen molar-refractivity contribution in [1.29, 1.82) is 0 Å². The highest BCUT2D eigenvalue weighted by molar-refractivity contribution is 5.88. The quantitative estimate of drug-likeness (QED) is 0.644. The van der Waals surface area contributed by atoms with Crippen molar-refractivity contribution in [3.63, 3.8) is 0 Å². The largest absolute Gasteiger partial charge is 0.447 e. The molecule has 0 spiro atoms. The van der Waals surface area contributed by atoms with Gasteiger partial charge in [0.25, 0.3) is 0 Å². The number of amides is 1. The molecule has 5 heteroatoms.